The van der Waals surface area contributed by atoms with Crippen LogP contribution < -0.4 is 23.7 Å². The molecule has 0 heterocycles. The number of hydrogen-bond donors (Lipinski definition) is 0. The van der Waals surface area contributed by atoms with Crippen molar-refractivity contribution in [1.82, 2.24) is 0 Å². The lowest BCUT2D eigenvalue weighted by Gasteiger charge is -2.08. The third kappa shape index (κ3) is 27.9. The Hall–Kier alpha value is -8.89. The van der Waals surface area contributed by atoms with E-state index in [0.717, 1.165) is 27.8 Å². The number of carbonyl (C=O) groups is 5. The molecule has 8 aromatic carbocycles. The Labute approximate surface area is 497 Å². The summed E-state index contributed by atoms with van der Waals surface area (Å²) in [6.45, 7) is 39.9. The zero-order chi connectivity index (χ0) is 63.3. The van der Waals surface area contributed by atoms with Crippen LogP contribution in [0.15, 0.2) is 194 Å². The van der Waals surface area contributed by atoms with Gasteiger partial charge in [0, 0.05) is 0 Å². The molecule has 0 aliphatic carbocycles. The van der Waals surface area contributed by atoms with Crippen molar-refractivity contribution in [3.63, 3.8) is 0 Å². The molecule has 83 heavy (non-hydrogen) atoms. The van der Waals surface area contributed by atoms with E-state index < -0.39 is 29.8 Å². The van der Waals surface area contributed by atoms with Gasteiger partial charge < -0.3 is 23.7 Å². The molecule has 0 aliphatic heterocycles. The third-order valence-electron chi connectivity index (χ3n) is 10.2. The van der Waals surface area contributed by atoms with Gasteiger partial charge >= 0.3 is 29.8 Å². The molecule has 0 N–H and O–H groups in total. The van der Waals surface area contributed by atoms with Gasteiger partial charge in [0.2, 0.25) is 0 Å². The molecule has 0 bridgehead atoms. The van der Waals surface area contributed by atoms with E-state index in [9.17, 15) is 24.0 Å². The highest BCUT2D eigenvalue weighted by atomic mass is 16.6. The lowest BCUT2D eigenvalue weighted by Crippen LogP contribution is -2.10. The smallest absolute Gasteiger partial charge is 0.343 e. The summed E-state index contributed by atoms with van der Waals surface area (Å²) in [7, 11) is 0. The number of aryl methyl sites for hydroxylation is 4. The predicted molar refractivity (Wildman–Crippen MR) is 345 cm³/mol. The quantitative estimate of drug-likeness (QED) is 0.0911. The summed E-state index contributed by atoms with van der Waals surface area (Å²) in [6, 6.07) is 55.4. The lowest BCUT2D eigenvalue weighted by molar-refractivity contribution is 0.0718. The van der Waals surface area contributed by atoms with Crippen LogP contribution in [0.25, 0.3) is 11.1 Å². The fourth-order valence-corrected chi connectivity index (χ4v) is 6.25. The lowest BCUT2D eigenvalue weighted by atomic mass is 10.0. The number of rotatable bonds is 11. The van der Waals surface area contributed by atoms with Crippen molar-refractivity contribution in [1.29, 1.82) is 0 Å². The van der Waals surface area contributed by atoms with E-state index in [1.807, 2.05) is 187 Å². The molecular weight excluding hydrogens is 1040 g/mol. The van der Waals surface area contributed by atoms with Crippen LogP contribution in [0, 0.1) is 27.7 Å². The second kappa shape index (κ2) is 45.8. The molecule has 0 atom stereocenters. The van der Waals surface area contributed by atoms with Crippen molar-refractivity contribution in [2.75, 3.05) is 0 Å². The molecule has 0 radical (unpaired) electrons. The van der Waals surface area contributed by atoms with Crippen molar-refractivity contribution >= 4 is 29.8 Å². The van der Waals surface area contributed by atoms with Crippen LogP contribution in [0.5, 0.6) is 28.7 Å². The summed E-state index contributed by atoms with van der Waals surface area (Å²) in [5.74, 6) is -0.756. The summed E-state index contributed by atoms with van der Waals surface area (Å²) >= 11 is 0. The van der Waals surface area contributed by atoms with Gasteiger partial charge in [0.1, 0.15) is 28.7 Å². The molecule has 0 saturated heterocycles. The first-order valence-corrected chi connectivity index (χ1v) is 29.1. The average Bonchev–Trinajstić information content (AvgIpc) is 3.55. The second-order valence-corrected chi connectivity index (χ2v) is 15.5. The minimum absolute atomic E-state index is 0.287. The zero-order valence-electron chi connectivity index (χ0n) is 53.1. The van der Waals surface area contributed by atoms with Gasteiger partial charge in [0.15, 0.2) is 0 Å². The van der Waals surface area contributed by atoms with Crippen LogP contribution in [-0.2, 0) is 0 Å². The van der Waals surface area contributed by atoms with E-state index in [2.05, 4.69) is 24.3 Å². The van der Waals surface area contributed by atoms with E-state index in [1.54, 1.807) is 84.9 Å². The van der Waals surface area contributed by atoms with E-state index in [1.165, 1.54) is 42.0 Å². The summed E-state index contributed by atoms with van der Waals surface area (Å²) in [5, 5.41) is 0. The Kier molecular flexibility index (Phi) is 42.0. The van der Waals surface area contributed by atoms with Gasteiger partial charge in [-0.05, 0) is 160 Å². The van der Waals surface area contributed by atoms with E-state index in [4.69, 9.17) is 23.7 Å². The standard InChI is InChI=1S/C29H22O6.C28H22O4.8C2H6/c1-19-3-7-21(8-4-19)27(30)33-24-13-11-23(12-14-24)29(32)35-26-17-15-25(16-18-26)34-28(31)22-9-5-20(2)6-10-22;1-19-3-7-21(8-4-19)22-11-13-24(14-12-22)28(30)32-26-17-15-25(16-18-26)31-27(29)23-9-5-20(2)6-10-23;8*1-2/h3-18H,1-2H3;3-18H,1-2H3;8*1-2H3. The molecule has 8 rings (SSSR count). The van der Waals surface area contributed by atoms with Gasteiger partial charge in [-0.2, -0.15) is 0 Å². The minimum atomic E-state index is -0.578. The van der Waals surface area contributed by atoms with Gasteiger partial charge in [-0.25, -0.2) is 24.0 Å². The number of hydrogen-bond acceptors (Lipinski definition) is 10. The van der Waals surface area contributed by atoms with Gasteiger partial charge in [0.25, 0.3) is 0 Å². The van der Waals surface area contributed by atoms with Crippen LogP contribution in [0.3, 0.4) is 0 Å². The largest absolute Gasteiger partial charge is 0.423 e. The van der Waals surface area contributed by atoms with Gasteiger partial charge in [-0.1, -0.05) is 206 Å². The predicted octanol–water partition coefficient (Wildman–Crippen LogP) is 20.6. The van der Waals surface area contributed by atoms with Crippen LogP contribution in [-0.4, -0.2) is 29.8 Å². The maximum atomic E-state index is 12.5. The van der Waals surface area contributed by atoms with Gasteiger partial charge in [0.05, 0.1) is 27.8 Å². The highest BCUT2D eigenvalue weighted by Gasteiger charge is 2.15. The number of esters is 5. The van der Waals surface area contributed by atoms with Crippen molar-refractivity contribution < 1.29 is 47.7 Å². The topological polar surface area (TPSA) is 132 Å². The van der Waals surface area contributed by atoms with E-state index >= 15 is 0 Å². The average molecular weight is 1130 g/mol. The molecule has 0 aliphatic rings. The minimum Gasteiger partial charge on any atom is -0.423 e. The van der Waals surface area contributed by atoms with Crippen molar-refractivity contribution in [3.05, 3.63) is 244 Å². The third-order valence-corrected chi connectivity index (χ3v) is 10.2. The summed E-state index contributed by atoms with van der Waals surface area (Å²) < 4.78 is 26.9. The normalized spacial score (nSPS) is 8.96. The van der Waals surface area contributed by atoms with Crippen LogP contribution in [0.4, 0.5) is 0 Å². The number of benzene rings is 8. The summed E-state index contributed by atoms with van der Waals surface area (Å²) in [5.41, 5.74) is 8.57. The van der Waals surface area contributed by atoms with Crippen LogP contribution in [0.1, 0.15) is 185 Å². The molecule has 444 valence electrons. The Bertz CT molecular complexity index is 2980. The maximum absolute atomic E-state index is 12.5. The van der Waals surface area contributed by atoms with Crippen molar-refractivity contribution in [3.8, 4) is 39.9 Å². The van der Waals surface area contributed by atoms with Crippen molar-refractivity contribution in [2.45, 2.75) is 138 Å². The summed E-state index contributed by atoms with van der Waals surface area (Å²) in [4.78, 5) is 61.6. The first-order valence-electron chi connectivity index (χ1n) is 29.1. The first kappa shape index (κ1) is 76.2. The highest BCUT2D eigenvalue weighted by Crippen LogP contribution is 2.24. The highest BCUT2D eigenvalue weighted by molar-refractivity contribution is 5.94. The molecule has 0 fully saturated rings. The monoisotopic (exact) mass is 1130 g/mol. The molecule has 0 amide bonds. The second-order valence-electron chi connectivity index (χ2n) is 15.5. The Balaban J connectivity index is 0. The van der Waals surface area contributed by atoms with Crippen LogP contribution in [0.2, 0.25) is 0 Å². The number of carbonyl (C=O) groups excluding carboxylic acids is 5. The molecule has 8 aromatic rings. The zero-order valence-corrected chi connectivity index (χ0v) is 53.1. The SMILES string of the molecule is CC.CC.CC.CC.CC.CC.CC.CC.Cc1ccc(C(=O)Oc2ccc(OC(=O)c3ccc(-c4ccc(C)cc4)cc3)cc2)cc1.Cc1ccc(C(=O)Oc2ccc(OC(=O)c3ccc(OC(=O)c4ccc(C)cc4)cc3)cc2)cc1. The molecule has 10 heteroatoms. The van der Waals surface area contributed by atoms with Gasteiger partial charge in [-0.15, -0.1) is 0 Å². The molecular formula is C73H92O10. The summed E-state index contributed by atoms with van der Waals surface area (Å²) in [6.07, 6.45) is 0. The Morgan fingerprint density at radius 2 is 0.313 bits per heavy atom. The van der Waals surface area contributed by atoms with Crippen LogP contribution >= 0.6 is 0 Å². The maximum Gasteiger partial charge on any atom is 0.343 e. The molecule has 10 nitrogen and oxygen atoms in total. The molecule has 0 unspecified atom stereocenters. The fraction of sp³-hybridized carbons (Fsp3) is 0.274. The number of ether oxygens (including phenoxy) is 5. The Morgan fingerprint density at radius 3 is 0.494 bits per heavy atom. The van der Waals surface area contributed by atoms with Crippen molar-refractivity contribution in [2.24, 2.45) is 0 Å². The Morgan fingerprint density at radius 1 is 0.193 bits per heavy atom. The fourth-order valence-electron chi connectivity index (χ4n) is 6.25. The van der Waals surface area contributed by atoms with E-state index in [0.29, 0.717) is 51.0 Å². The molecule has 0 spiro atoms. The first-order chi connectivity index (χ1) is 40.3. The molecule has 0 aromatic heterocycles. The van der Waals surface area contributed by atoms with E-state index in [-0.39, 0.29) is 5.56 Å². The molecule has 0 saturated carbocycles. The van der Waals surface area contributed by atoms with Gasteiger partial charge in [-0.3, -0.25) is 0 Å².